The van der Waals surface area contributed by atoms with Gasteiger partial charge in [-0.15, -0.1) is 0 Å². The van der Waals surface area contributed by atoms with Gasteiger partial charge in [0, 0.05) is 52.0 Å². The predicted molar refractivity (Wildman–Crippen MR) is 325 cm³/mol. The molecule has 3 heterocycles. The second kappa shape index (κ2) is 21.5. The third-order valence-corrected chi connectivity index (χ3v) is 14.7. The molecule has 0 spiro atoms. The molecule has 3 aromatic heterocycles. The molecule has 0 aliphatic rings. The van der Waals surface area contributed by atoms with Crippen molar-refractivity contribution in [2.45, 2.75) is 0 Å². The van der Waals surface area contributed by atoms with E-state index in [1.807, 2.05) is 36.8 Å². The van der Waals surface area contributed by atoms with E-state index < -0.39 is 0 Å². The summed E-state index contributed by atoms with van der Waals surface area (Å²) < 4.78 is 0. The van der Waals surface area contributed by atoms with Crippen LogP contribution >= 0.6 is 0 Å². The SMILES string of the molecule is c1ccc(-c2ccc(-c3cc(-c4ccc(-c5ccccc5)cc4-c4ccc(-c5ccccc5)nc4)cc(-c4ccc(-c5ccccc5)cc4-c4ccc(-c5ccccc5)nc4)c3)c(-c3ccc(-c4ccccc4)nc3)c2)cc1. The van der Waals surface area contributed by atoms with Crippen LogP contribution in [0.3, 0.4) is 0 Å². The van der Waals surface area contributed by atoms with Gasteiger partial charge >= 0.3 is 0 Å². The maximum absolute atomic E-state index is 5.09. The van der Waals surface area contributed by atoms with Crippen LogP contribution in [0.4, 0.5) is 0 Å². The Morgan fingerprint density at radius 2 is 0.372 bits per heavy atom. The molecular formula is C75H51N3. The Morgan fingerprint density at radius 1 is 0.141 bits per heavy atom. The summed E-state index contributed by atoms with van der Waals surface area (Å²) in [7, 11) is 0. The van der Waals surface area contributed by atoms with Crippen LogP contribution in [0.15, 0.2) is 310 Å². The summed E-state index contributed by atoms with van der Waals surface area (Å²) in [6.45, 7) is 0. The lowest BCUT2D eigenvalue weighted by atomic mass is 9.84. The van der Waals surface area contributed by atoms with Crippen molar-refractivity contribution in [2.75, 3.05) is 0 Å². The monoisotopic (exact) mass is 993 g/mol. The second-order valence-corrected chi connectivity index (χ2v) is 19.6. The number of benzene rings is 10. The molecule has 0 saturated carbocycles. The third-order valence-electron chi connectivity index (χ3n) is 14.7. The maximum Gasteiger partial charge on any atom is 0.0702 e. The van der Waals surface area contributed by atoms with Gasteiger partial charge in [-0.05, 0) is 138 Å². The van der Waals surface area contributed by atoms with Gasteiger partial charge in [-0.2, -0.15) is 0 Å². The first-order valence-electron chi connectivity index (χ1n) is 26.5. The first-order valence-corrected chi connectivity index (χ1v) is 26.5. The number of rotatable bonds is 12. The normalized spacial score (nSPS) is 11.1. The lowest BCUT2D eigenvalue weighted by Crippen LogP contribution is -1.95. The van der Waals surface area contributed by atoms with E-state index in [2.05, 4.69) is 273 Å². The molecule has 3 nitrogen and oxygen atoms in total. The van der Waals surface area contributed by atoms with E-state index in [4.69, 9.17) is 15.0 Å². The third kappa shape index (κ3) is 9.88. The topological polar surface area (TPSA) is 38.7 Å². The molecule has 3 heteroatoms. The fourth-order valence-electron chi connectivity index (χ4n) is 10.6. The molecule has 0 aliphatic heterocycles. The van der Waals surface area contributed by atoms with E-state index in [0.717, 1.165) is 134 Å². The minimum atomic E-state index is 0.930. The van der Waals surface area contributed by atoms with Crippen molar-refractivity contribution in [1.82, 2.24) is 15.0 Å². The van der Waals surface area contributed by atoms with Gasteiger partial charge in [0.15, 0.2) is 0 Å². The number of pyridine rings is 3. The van der Waals surface area contributed by atoms with E-state index in [1.54, 1.807) is 0 Å². The average molecular weight is 994 g/mol. The summed E-state index contributed by atoms with van der Waals surface area (Å²) in [6.07, 6.45) is 6.08. The van der Waals surface area contributed by atoms with Gasteiger partial charge in [-0.25, -0.2) is 0 Å². The van der Waals surface area contributed by atoms with Gasteiger partial charge in [0.25, 0.3) is 0 Å². The number of nitrogens with zero attached hydrogens (tertiary/aromatic N) is 3. The Bertz CT molecular complexity index is 3720. The van der Waals surface area contributed by atoms with E-state index in [0.29, 0.717) is 0 Å². The lowest BCUT2D eigenvalue weighted by Gasteiger charge is -2.20. The Labute approximate surface area is 456 Å². The molecule has 0 fully saturated rings. The second-order valence-electron chi connectivity index (χ2n) is 19.6. The van der Waals surface area contributed by atoms with Crippen molar-refractivity contribution >= 4 is 0 Å². The van der Waals surface area contributed by atoms with Crippen molar-refractivity contribution in [2.24, 2.45) is 0 Å². The van der Waals surface area contributed by atoms with Crippen molar-refractivity contribution in [3.05, 3.63) is 310 Å². The summed E-state index contributed by atoms with van der Waals surface area (Å²) in [5, 5.41) is 0. The van der Waals surface area contributed by atoms with Crippen molar-refractivity contribution in [3.8, 4) is 134 Å². The molecular weight excluding hydrogens is 943 g/mol. The van der Waals surface area contributed by atoms with E-state index in [9.17, 15) is 0 Å². The van der Waals surface area contributed by atoms with Gasteiger partial charge < -0.3 is 0 Å². The molecule has 78 heavy (non-hydrogen) atoms. The summed E-state index contributed by atoms with van der Waals surface area (Å²) in [6, 6.07) is 104. The zero-order valence-corrected chi connectivity index (χ0v) is 42.8. The maximum atomic E-state index is 5.09. The van der Waals surface area contributed by atoms with Crippen LogP contribution in [-0.4, -0.2) is 15.0 Å². The highest BCUT2D eigenvalue weighted by Gasteiger charge is 2.20. The molecule has 0 atom stereocenters. The van der Waals surface area contributed by atoms with Crippen LogP contribution < -0.4 is 0 Å². The number of aromatic nitrogens is 3. The van der Waals surface area contributed by atoms with E-state index in [1.165, 1.54) is 0 Å². The Morgan fingerprint density at radius 3 is 0.603 bits per heavy atom. The largest absolute Gasteiger partial charge is 0.256 e. The number of hydrogen-bond donors (Lipinski definition) is 0. The van der Waals surface area contributed by atoms with Crippen molar-refractivity contribution < 1.29 is 0 Å². The van der Waals surface area contributed by atoms with Crippen LogP contribution in [0.1, 0.15) is 0 Å². The molecule has 0 unspecified atom stereocenters. The van der Waals surface area contributed by atoms with Gasteiger partial charge in [0.05, 0.1) is 17.1 Å². The molecule has 0 bridgehead atoms. The molecule has 13 rings (SSSR count). The standard InChI is InChI=1S/C75H51N3/c1-7-19-52(20-8-1)58-31-37-67(70(46-58)61-34-40-73(76-49-61)55-25-13-4-14-26-55)64-43-65(68-38-32-59(53-21-9-2-10-22-53)47-71(68)62-35-41-74(77-50-62)56-27-15-5-16-28-56)45-66(44-64)69-39-33-60(54-23-11-3-12-24-54)48-72(69)63-36-42-75(78-51-63)57-29-17-6-18-30-57/h1-51H. The summed E-state index contributed by atoms with van der Waals surface area (Å²) >= 11 is 0. The van der Waals surface area contributed by atoms with E-state index >= 15 is 0 Å². The molecule has 0 radical (unpaired) electrons. The minimum absolute atomic E-state index is 0.930. The Kier molecular flexibility index (Phi) is 13.0. The van der Waals surface area contributed by atoms with Gasteiger partial charge in [0.2, 0.25) is 0 Å². The highest BCUT2D eigenvalue weighted by molar-refractivity contribution is 5.97. The summed E-state index contributed by atoms with van der Waals surface area (Å²) in [4.78, 5) is 15.3. The zero-order valence-electron chi connectivity index (χ0n) is 42.8. The lowest BCUT2D eigenvalue weighted by molar-refractivity contribution is 1.32. The van der Waals surface area contributed by atoms with Gasteiger partial charge in [-0.3, -0.25) is 15.0 Å². The molecule has 0 amide bonds. The smallest absolute Gasteiger partial charge is 0.0702 e. The molecule has 13 aromatic rings. The van der Waals surface area contributed by atoms with Crippen LogP contribution in [0.2, 0.25) is 0 Å². The minimum Gasteiger partial charge on any atom is -0.256 e. The fourth-order valence-corrected chi connectivity index (χ4v) is 10.6. The van der Waals surface area contributed by atoms with Gasteiger partial charge in [0.1, 0.15) is 0 Å². The van der Waals surface area contributed by atoms with E-state index in [-0.39, 0.29) is 0 Å². The summed E-state index contributed by atoms with van der Waals surface area (Å²) in [5.74, 6) is 0. The molecule has 0 N–H and O–H groups in total. The first kappa shape index (κ1) is 47.4. The van der Waals surface area contributed by atoms with Crippen molar-refractivity contribution in [3.63, 3.8) is 0 Å². The quantitative estimate of drug-likeness (QED) is 0.122. The Balaban J connectivity index is 1.05. The molecule has 366 valence electrons. The first-order chi connectivity index (χ1) is 38.6. The van der Waals surface area contributed by atoms with Gasteiger partial charge in [-0.1, -0.05) is 237 Å². The van der Waals surface area contributed by atoms with Crippen LogP contribution in [0, 0.1) is 0 Å². The average Bonchev–Trinajstić information content (AvgIpc) is 3.58. The van der Waals surface area contributed by atoms with Crippen LogP contribution in [-0.2, 0) is 0 Å². The highest BCUT2D eigenvalue weighted by atomic mass is 14.7. The predicted octanol–water partition coefficient (Wildman–Crippen LogP) is 19.9. The molecule has 0 aliphatic carbocycles. The summed E-state index contributed by atoms with van der Waals surface area (Å²) in [5.41, 5.74) is 25.8. The molecule has 10 aromatic carbocycles. The zero-order chi connectivity index (χ0) is 52.0. The highest BCUT2D eigenvalue weighted by Crippen LogP contribution is 2.45. The fraction of sp³-hybridized carbons (Fsp3) is 0. The Hall–Kier alpha value is -10.4. The van der Waals surface area contributed by atoms with Crippen LogP contribution in [0.5, 0.6) is 0 Å². The molecule has 0 saturated heterocycles. The number of hydrogen-bond acceptors (Lipinski definition) is 3. The van der Waals surface area contributed by atoms with Crippen LogP contribution in [0.25, 0.3) is 134 Å². The van der Waals surface area contributed by atoms with Crippen molar-refractivity contribution in [1.29, 1.82) is 0 Å².